The van der Waals surface area contributed by atoms with Crippen molar-refractivity contribution in [1.29, 1.82) is 0 Å². The SMILES string of the molecule is O=C(O)c1cccc([N+](=O)[O-])c1OCC(O)CO. The number of nitro benzene ring substituents is 1. The zero-order valence-corrected chi connectivity index (χ0v) is 9.15. The molecule has 98 valence electrons. The Morgan fingerprint density at radius 1 is 1.50 bits per heavy atom. The molecule has 18 heavy (non-hydrogen) atoms. The summed E-state index contributed by atoms with van der Waals surface area (Å²) in [5.41, 5.74) is -0.894. The highest BCUT2D eigenvalue weighted by atomic mass is 16.6. The fourth-order valence-corrected chi connectivity index (χ4v) is 1.22. The van der Waals surface area contributed by atoms with Crippen LogP contribution in [-0.2, 0) is 0 Å². The van der Waals surface area contributed by atoms with Gasteiger partial charge in [0.15, 0.2) is 0 Å². The number of para-hydroxylation sites is 1. The van der Waals surface area contributed by atoms with Gasteiger partial charge in [-0.1, -0.05) is 6.07 Å². The normalized spacial score (nSPS) is 11.9. The van der Waals surface area contributed by atoms with Crippen LogP contribution in [0.1, 0.15) is 10.4 Å². The molecule has 0 aliphatic carbocycles. The summed E-state index contributed by atoms with van der Waals surface area (Å²) < 4.78 is 4.91. The van der Waals surface area contributed by atoms with Gasteiger partial charge in [-0.3, -0.25) is 10.1 Å². The first-order chi connectivity index (χ1) is 8.47. The molecule has 1 aromatic rings. The Kier molecular flexibility index (Phi) is 4.58. The predicted octanol–water partition coefficient (Wildman–Crippen LogP) is 0.0250. The first-order valence-corrected chi connectivity index (χ1v) is 4.89. The number of hydrogen-bond acceptors (Lipinski definition) is 6. The fraction of sp³-hybridized carbons (Fsp3) is 0.300. The van der Waals surface area contributed by atoms with Crippen molar-refractivity contribution in [3.8, 4) is 5.75 Å². The van der Waals surface area contributed by atoms with Gasteiger partial charge in [0, 0.05) is 6.07 Å². The molecule has 0 heterocycles. The summed E-state index contributed by atoms with van der Waals surface area (Å²) >= 11 is 0. The van der Waals surface area contributed by atoms with Crippen molar-refractivity contribution in [1.82, 2.24) is 0 Å². The fourth-order valence-electron chi connectivity index (χ4n) is 1.22. The Labute approximate surface area is 101 Å². The van der Waals surface area contributed by atoms with Gasteiger partial charge in [0.2, 0.25) is 5.75 Å². The molecule has 3 N–H and O–H groups in total. The minimum atomic E-state index is -1.38. The Hall–Kier alpha value is -2.19. The van der Waals surface area contributed by atoms with E-state index in [0.717, 1.165) is 12.1 Å². The van der Waals surface area contributed by atoms with Gasteiger partial charge in [0.25, 0.3) is 0 Å². The zero-order valence-electron chi connectivity index (χ0n) is 9.15. The second-order valence-corrected chi connectivity index (χ2v) is 3.36. The van der Waals surface area contributed by atoms with E-state index in [2.05, 4.69) is 0 Å². The molecule has 8 heteroatoms. The number of aliphatic hydroxyl groups is 2. The van der Waals surface area contributed by atoms with Crippen LogP contribution in [0.25, 0.3) is 0 Å². The molecule has 0 bridgehead atoms. The van der Waals surface area contributed by atoms with E-state index in [9.17, 15) is 14.9 Å². The molecule has 1 atom stereocenters. The maximum atomic E-state index is 10.9. The lowest BCUT2D eigenvalue weighted by Crippen LogP contribution is -2.22. The molecule has 1 aromatic carbocycles. The molecule has 0 aromatic heterocycles. The van der Waals surface area contributed by atoms with Crippen LogP contribution in [0.2, 0.25) is 0 Å². The summed E-state index contributed by atoms with van der Waals surface area (Å²) in [5, 5.41) is 37.3. The van der Waals surface area contributed by atoms with Crippen molar-refractivity contribution in [2.45, 2.75) is 6.10 Å². The first kappa shape index (κ1) is 13.9. The largest absolute Gasteiger partial charge is 0.483 e. The van der Waals surface area contributed by atoms with E-state index in [1.54, 1.807) is 0 Å². The Morgan fingerprint density at radius 3 is 2.67 bits per heavy atom. The monoisotopic (exact) mass is 257 g/mol. The highest BCUT2D eigenvalue weighted by Gasteiger charge is 2.23. The van der Waals surface area contributed by atoms with Gasteiger partial charge in [0.1, 0.15) is 18.3 Å². The van der Waals surface area contributed by atoms with E-state index < -0.39 is 41.6 Å². The number of carbonyl (C=O) groups is 1. The highest BCUT2D eigenvalue weighted by Crippen LogP contribution is 2.31. The number of aliphatic hydroxyl groups excluding tert-OH is 2. The number of nitro groups is 1. The van der Waals surface area contributed by atoms with E-state index in [1.807, 2.05) is 0 Å². The summed E-state index contributed by atoms with van der Waals surface area (Å²) in [5.74, 6) is -1.82. The number of aromatic carboxylic acids is 1. The molecule has 0 amide bonds. The smallest absolute Gasteiger partial charge is 0.339 e. The Morgan fingerprint density at radius 2 is 2.17 bits per heavy atom. The van der Waals surface area contributed by atoms with Crippen LogP contribution in [0.15, 0.2) is 18.2 Å². The molecular formula is C10H11NO7. The van der Waals surface area contributed by atoms with Gasteiger partial charge in [0.05, 0.1) is 11.5 Å². The standard InChI is InChI=1S/C10H11NO7/c12-4-6(13)5-18-9-7(10(14)15)2-1-3-8(9)11(16)17/h1-3,6,12-13H,4-5H2,(H,14,15). The Bertz CT molecular complexity index is 427. The van der Waals surface area contributed by atoms with Crippen molar-refractivity contribution in [2.24, 2.45) is 0 Å². The summed E-state index contributed by atoms with van der Waals surface area (Å²) in [6, 6.07) is 3.46. The van der Waals surface area contributed by atoms with Crippen LogP contribution < -0.4 is 4.74 Å². The van der Waals surface area contributed by atoms with E-state index >= 15 is 0 Å². The molecule has 0 aliphatic rings. The van der Waals surface area contributed by atoms with Gasteiger partial charge >= 0.3 is 11.7 Å². The molecule has 1 unspecified atom stereocenters. The molecule has 0 fully saturated rings. The van der Waals surface area contributed by atoms with E-state index in [4.69, 9.17) is 20.1 Å². The molecular weight excluding hydrogens is 246 g/mol. The molecule has 0 aliphatic heterocycles. The number of carboxylic acid groups (broad SMARTS) is 1. The summed E-state index contributed by atoms with van der Waals surface area (Å²) in [6.45, 7) is -1.04. The molecule has 0 saturated heterocycles. The van der Waals surface area contributed by atoms with Gasteiger partial charge in [-0.25, -0.2) is 4.79 Å². The van der Waals surface area contributed by atoms with Crippen molar-refractivity contribution in [2.75, 3.05) is 13.2 Å². The van der Waals surface area contributed by atoms with Crippen LogP contribution in [0.3, 0.4) is 0 Å². The zero-order chi connectivity index (χ0) is 13.7. The van der Waals surface area contributed by atoms with Crippen LogP contribution >= 0.6 is 0 Å². The third-order valence-electron chi connectivity index (χ3n) is 2.05. The quantitative estimate of drug-likeness (QED) is 0.483. The first-order valence-electron chi connectivity index (χ1n) is 4.89. The summed E-state index contributed by atoms with van der Waals surface area (Å²) in [6.07, 6.45) is -1.24. The van der Waals surface area contributed by atoms with Crippen molar-refractivity contribution < 1.29 is 29.8 Å². The van der Waals surface area contributed by atoms with Crippen LogP contribution in [0, 0.1) is 10.1 Å². The number of nitrogens with zero attached hydrogens (tertiary/aromatic N) is 1. The number of hydrogen-bond donors (Lipinski definition) is 3. The van der Waals surface area contributed by atoms with Gasteiger partial charge < -0.3 is 20.1 Å². The number of rotatable bonds is 6. The topological polar surface area (TPSA) is 130 Å². The lowest BCUT2D eigenvalue weighted by Gasteiger charge is -2.11. The lowest BCUT2D eigenvalue weighted by atomic mass is 10.1. The molecule has 8 nitrogen and oxygen atoms in total. The highest BCUT2D eigenvalue weighted by molar-refractivity contribution is 5.92. The van der Waals surface area contributed by atoms with Crippen molar-refractivity contribution in [3.63, 3.8) is 0 Å². The lowest BCUT2D eigenvalue weighted by molar-refractivity contribution is -0.386. The van der Waals surface area contributed by atoms with Crippen LogP contribution in [-0.4, -0.2) is 45.5 Å². The number of ether oxygens (including phenoxy) is 1. The average molecular weight is 257 g/mol. The summed E-state index contributed by atoms with van der Waals surface area (Å²) in [7, 11) is 0. The maximum Gasteiger partial charge on any atom is 0.339 e. The van der Waals surface area contributed by atoms with E-state index in [0.29, 0.717) is 0 Å². The van der Waals surface area contributed by atoms with E-state index in [1.165, 1.54) is 6.07 Å². The second-order valence-electron chi connectivity index (χ2n) is 3.36. The van der Waals surface area contributed by atoms with Crippen LogP contribution in [0.4, 0.5) is 5.69 Å². The van der Waals surface area contributed by atoms with Crippen molar-refractivity contribution in [3.05, 3.63) is 33.9 Å². The van der Waals surface area contributed by atoms with E-state index in [-0.39, 0.29) is 5.56 Å². The Balaban J connectivity index is 3.11. The average Bonchev–Trinajstić information content (AvgIpc) is 2.34. The third kappa shape index (κ3) is 3.15. The van der Waals surface area contributed by atoms with Gasteiger partial charge in [-0.05, 0) is 6.07 Å². The van der Waals surface area contributed by atoms with Crippen LogP contribution in [0.5, 0.6) is 5.75 Å². The summed E-state index contributed by atoms with van der Waals surface area (Å²) in [4.78, 5) is 20.8. The number of carboxylic acids is 1. The maximum absolute atomic E-state index is 10.9. The second kappa shape index (κ2) is 5.94. The van der Waals surface area contributed by atoms with Gasteiger partial charge in [-0.15, -0.1) is 0 Å². The van der Waals surface area contributed by atoms with Gasteiger partial charge in [-0.2, -0.15) is 0 Å². The minimum Gasteiger partial charge on any atom is -0.483 e. The third-order valence-corrected chi connectivity index (χ3v) is 2.05. The molecule has 0 saturated carbocycles. The van der Waals surface area contributed by atoms with Crippen molar-refractivity contribution >= 4 is 11.7 Å². The number of benzene rings is 1. The molecule has 0 radical (unpaired) electrons. The predicted molar refractivity (Wildman–Crippen MR) is 58.6 cm³/mol. The minimum absolute atomic E-state index is 0.380. The molecule has 0 spiro atoms. The molecule has 1 rings (SSSR count).